The third-order valence-corrected chi connectivity index (χ3v) is 7.02. The number of nitrogens with zero attached hydrogens (tertiary/aromatic N) is 3. The van der Waals surface area contributed by atoms with E-state index in [9.17, 15) is 18.5 Å². The second-order valence-electron chi connectivity index (χ2n) is 7.02. The van der Waals surface area contributed by atoms with Gasteiger partial charge in [0.15, 0.2) is 9.92 Å². The molecule has 0 saturated carbocycles. The topological polar surface area (TPSA) is 119 Å². The molecule has 3 N–H and O–H groups in total. The molecule has 0 radical (unpaired) electrons. The van der Waals surface area contributed by atoms with E-state index in [1.54, 1.807) is 20.8 Å². The van der Waals surface area contributed by atoms with Crippen molar-refractivity contribution in [1.82, 2.24) is 9.97 Å². The van der Waals surface area contributed by atoms with Gasteiger partial charge in [-0.15, -0.1) is 15.7 Å². The zero-order valence-corrected chi connectivity index (χ0v) is 17.4. The van der Waals surface area contributed by atoms with Gasteiger partial charge in [-0.2, -0.15) is 0 Å². The Bertz CT molecular complexity index is 987. The second-order valence-corrected chi connectivity index (χ2v) is 10.0. The maximum atomic E-state index is 14.1. The molecule has 2 rings (SSSR count). The molecule has 0 aromatic carbocycles. The van der Waals surface area contributed by atoms with Crippen molar-refractivity contribution in [3.05, 3.63) is 39.9 Å². The van der Waals surface area contributed by atoms with Crippen LogP contribution in [0.5, 0.6) is 0 Å². The maximum absolute atomic E-state index is 14.1. The van der Waals surface area contributed by atoms with Crippen LogP contribution < -0.4 is 5.14 Å². The Morgan fingerprint density at radius 1 is 1.41 bits per heavy atom. The molecule has 0 spiro atoms. The fraction of sp³-hybridized carbons (Fsp3) is 0.471. The van der Waals surface area contributed by atoms with Crippen LogP contribution in [0.4, 0.5) is 4.39 Å². The summed E-state index contributed by atoms with van der Waals surface area (Å²) in [6.45, 7) is 8.39. The summed E-state index contributed by atoms with van der Waals surface area (Å²) in [5.74, 6) is -1.41. The predicted molar refractivity (Wildman–Crippen MR) is 102 cm³/mol. The minimum atomic E-state index is -3.57. The molecule has 1 atom stereocenters. The number of nitrogens with two attached hydrogens (primary N) is 1. The molecule has 2 heterocycles. The number of carbonyl (C=O) groups excluding carboxylic acids is 1. The van der Waals surface area contributed by atoms with Gasteiger partial charge in [0.25, 0.3) is 5.91 Å². The molecule has 0 fully saturated rings. The second kappa shape index (κ2) is 7.70. The van der Waals surface area contributed by atoms with Crippen LogP contribution in [0.2, 0.25) is 0 Å². The van der Waals surface area contributed by atoms with E-state index in [1.807, 2.05) is 13.8 Å². The van der Waals surface area contributed by atoms with Gasteiger partial charge in [0.1, 0.15) is 5.82 Å². The van der Waals surface area contributed by atoms with Crippen molar-refractivity contribution in [2.75, 3.05) is 0 Å². The summed E-state index contributed by atoms with van der Waals surface area (Å²) in [5, 5.41) is 15.7. The van der Waals surface area contributed by atoms with E-state index in [-0.39, 0.29) is 16.7 Å². The predicted octanol–water partition coefficient (Wildman–Crippen LogP) is 2.81. The van der Waals surface area contributed by atoms with Crippen LogP contribution in [0.3, 0.4) is 0 Å². The number of halogens is 1. The minimum absolute atomic E-state index is 0.0499. The van der Waals surface area contributed by atoms with Crippen LogP contribution >= 0.6 is 11.3 Å². The first-order chi connectivity index (χ1) is 12.3. The van der Waals surface area contributed by atoms with Crippen LogP contribution in [-0.4, -0.2) is 25.2 Å². The molecule has 2 aromatic heterocycles. The van der Waals surface area contributed by atoms with Crippen LogP contribution in [0.25, 0.3) is 0 Å². The largest absolute Gasteiger partial charge is 0.385 e. The summed E-state index contributed by atoms with van der Waals surface area (Å²) >= 11 is 0.929. The van der Waals surface area contributed by atoms with Crippen molar-refractivity contribution >= 4 is 27.2 Å². The molecular weight excluding hydrogens is 391 g/mol. The molecule has 0 bridgehead atoms. The zero-order valence-electron chi connectivity index (χ0n) is 15.8. The third kappa shape index (κ3) is 4.95. The minimum Gasteiger partial charge on any atom is -0.385 e. The van der Waals surface area contributed by atoms with Gasteiger partial charge in [-0.05, 0) is 37.8 Å². The first kappa shape index (κ1) is 21.5. The van der Waals surface area contributed by atoms with Crippen molar-refractivity contribution in [1.29, 1.82) is 0 Å². The molecule has 27 heavy (non-hydrogen) atoms. The molecule has 0 aliphatic heterocycles. The van der Waals surface area contributed by atoms with Crippen molar-refractivity contribution in [2.45, 2.75) is 56.9 Å². The van der Waals surface area contributed by atoms with Gasteiger partial charge in [0.05, 0.1) is 23.1 Å². The Kier molecular flexibility index (Phi) is 6.15. The SMILES string of the molecule is Cc1ncc(F)c(C(C)C)c1CC(=O)N=S(N)(=O)c1ncc(C(C)(C)O)s1. The molecule has 1 amide bonds. The van der Waals surface area contributed by atoms with Gasteiger partial charge in [-0.3, -0.25) is 9.78 Å². The number of thiazole rings is 1. The van der Waals surface area contributed by atoms with Crippen molar-refractivity contribution in [3.63, 3.8) is 0 Å². The number of amides is 1. The number of aryl methyl sites for hydroxylation is 1. The van der Waals surface area contributed by atoms with E-state index < -0.39 is 27.2 Å². The number of rotatable bonds is 5. The Morgan fingerprint density at radius 3 is 2.56 bits per heavy atom. The normalized spacial score (nSPS) is 14.3. The standard InChI is InChI=1S/C17H23FN4O3S2/c1-9(2)15-11(10(3)20-7-12(15)18)6-14(23)22-27(19,25)16-21-8-13(26-16)17(4,5)24/h7-9,24H,6H2,1-5H3,(H2,19,22,23,25). The van der Waals surface area contributed by atoms with Crippen LogP contribution in [0.1, 0.15) is 55.3 Å². The quantitative estimate of drug-likeness (QED) is 0.780. The fourth-order valence-electron chi connectivity index (χ4n) is 2.54. The number of aliphatic hydroxyl groups is 1. The summed E-state index contributed by atoms with van der Waals surface area (Å²) in [4.78, 5) is 20.7. The number of hydrogen-bond donors (Lipinski definition) is 2. The van der Waals surface area contributed by atoms with E-state index in [0.717, 1.165) is 17.5 Å². The monoisotopic (exact) mass is 414 g/mol. The lowest BCUT2D eigenvalue weighted by molar-refractivity contribution is -0.117. The summed E-state index contributed by atoms with van der Waals surface area (Å²) in [7, 11) is -3.57. The average Bonchev–Trinajstić information content (AvgIpc) is 3.01. The van der Waals surface area contributed by atoms with Gasteiger partial charge < -0.3 is 5.11 Å². The van der Waals surface area contributed by atoms with Gasteiger partial charge in [0.2, 0.25) is 4.34 Å². The highest BCUT2D eigenvalue weighted by Crippen LogP contribution is 2.28. The van der Waals surface area contributed by atoms with Gasteiger partial charge >= 0.3 is 0 Å². The van der Waals surface area contributed by atoms with Gasteiger partial charge in [-0.25, -0.2) is 18.7 Å². The van der Waals surface area contributed by atoms with Crippen molar-refractivity contribution < 1.29 is 18.5 Å². The molecule has 10 heteroatoms. The molecule has 7 nitrogen and oxygen atoms in total. The number of carbonyl (C=O) groups is 1. The molecule has 1 unspecified atom stereocenters. The highest BCUT2D eigenvalue weighted by atomic mass is 32.2. The van der Waals surface area contributed by atoms with Crippen molar-refractivity contribution in [3.8, 4) is 0 Å². The Balaban J connectivity index is 2.38. The molecule has 0 aliphatic carbocycles. The summed E-state index contributed by atoms with van der Waals surface area (Å²) < 4.78 is 30.4. The maximum Gasteiger partial charge on any atom is 0.259 e. The smallest absolute Gasteiger partial charge is 0.259 e. The van der Waals surface area contributed by atoms with Gasteiger partial charge in [0, 0.05) is 11.9 Å². The molecule has 2 aromatic rings. The number of hydrogen-bond acceptors (Lipinski definition) is 6. The number of aromatic nitrogens is 2. The Morgan fingerprint density at radius 2 is 2.04 bits per heavy atom. The van der Waals surface area contributed by atoms with E-state index in [2.05, 4.69) is 14.3 Å². The lowest BCUT2D eigenvalue weighted by Gasteiger charge is -2.14. The highest BCUT2D eigenvalue weighted by molar-refractivity contribution is 7.93. The average molecular weight is 415 g/mol. The van der Waals surface area contributed by atoms with E-state index >= 15 is 0 Å². The lowest BCUT2D eigenvalue weighted by atomic mass is 9.94. The first-order valence-corrected chi connectivity index (χ1v) is 10.6. The summed E-state index contributed by atoms with van der Waals surface area (Å²) in [6.07, 6.45) is 2.21. The van der Waals surface area contributed by atoms with Gasteiger partial charge in [-0.1, -0.05) is 13.8 Å². The van der Waals surface area contributed by atoms with E-state index in [1.165, 1.54) is 6.20 Å². The molecular formula is C17H23FN4O3S2. The Labute approximate surface area is 162 Å². The number of pyridine rings is 1. The first-order valence-electron chi connectivity index (χ1n) is 8.23. The molecule has 0 aliphatic rings. The van der Waals surface area contributed by atoms with E-state index in [0.29, 0.717) is 21.7 Å². The third-order valence-electron chi connectivity index (χ3n) is 3.87. The van der Waals surface area contributed by atoms with Crippen LogP contribution in [0.15, 0.2) is 21.1 Å². The van der Waals surface area contributed by atoms with Crippen LogP contribution in [-0.2, 0) is 26.7 Å². The lowest BCUT2D eigenvalue weighted by Crippen LogP contribution is -2.17. The van der Waals surface area contributed by atoms with E-state index in [4.69, 9.17) is 5.14 Å². The Hall–Kier alpha value is -1.75. The molecule has 0 saturated heterocycles. The highest BCUT2D eigenvalue weighted by Gasteiger charge is 2.24. The van der Waals surface area contributed by atoms with Crippen LogP contribution in [0, 0.1) is 12.7 Å². The molecule has 148 valence electrons. The van der Waals surface area contributed by atoms with Crippen molar-refractivity contribution in [2.24, 2.45) is 9.50 Å². The summed E-state index contributed by atoms with van der Waals surface area (Å²) in [6, 6.07) is 0. The fourth-order valence-corrected chi connectivity index (χ4v) is 4.69. The zero-order chi connectivity index (χ0) is 20.6. The summed E-state index contributed by atoms with van der Waals surface area (Å²) in [5.41, 5.74) is 0.135.